The number of methoxy groups -OCH3 is 1. The average Bonchev–Trinajstić information content (AvgIpc) is 3.11. The number of anilines is 1. The van der Waals surface area contributed by atoms with Gasteiger partial charge in [-0.25, -0.2) is 15.0 Å². The minimum Gasteiger partial charge on any atom is -0.377 e. The zero-order valence-electron chi connectivity index (χ0n) is 14.6. The lowest BCUT2D eigenvalue weighted by Gasteiger charge is -2.32. The Hall–Kier alpha value is -1.06. The second-order valence-electron chi connectivity index (χ2n) is 6.37. The minimum absolute atomic E-state index is 0. The van der Waals surface area contributed by atoms with E-state index in [1.54, 1.807) is 18.9 Å². The van der Waals surface area contributed by atoms with Crippen molar-refractivity contribution in [3.63, 3.8) is 0 Å². The van der Waals surface area contributed by atoms with Gasteiger partial charge < -0.3 is 20.4 Å². The third-order valence-electron chi connectivity index (χ3n) is 4.46. The predicted octanol–water partition coefficient (Wildman–Crippen LogP) is 2.59. The molecule has 0 amide bonds. The second-order valence-corrected chi connectivity index (χ2v) is 7.43. The molecular weight excluding hydrogens is 395 g/mol. The lowest BCUT2D eigenvalue weighted by atomic mass is 9.78. The SMILES string of the molecule is COCc1nc(NCc2cn3c(n2)SCC3)cc(C2CC(N)C2)n1.Cl.Cl. The fraction of sp³-hybridized carbons (Fsp3) is 0.562. The number of rotatable bonds is 6. The van der Waals surface area contributed by atoms with Gasteiger partial charge in [-0.3, -0.25) is 0 Å². The molecule has 2 aromatic rings. The molecule has 0 saturated heterocycles. The Morgan fingerprint density at radius 3 is 2.81 bits per heavy atom. The number of halogens is 2. The van der Waals surface area contributed by atoms with Gasteiger partial charge in [0.05, 0.1) is 12.2 Å². The van der Waals surface area contributed by atoms with Crippen LogP contribution in [0.3, 0.4) is 0 Å². The van der Waals surface area contributed by atoms with Crippen molar-refractivity contribution < 1.29 is 4.74 Å². The third kappa shape index (κ3) is 4.61. The van der Waals surface area contributed by atoms with Crippen molar-refractivity contribution >= 4 is 42.4 Å². The summed E-state index contributed by atoms with van der Waals surface area (Å²) in [6, 6.07) is 2.34. The molecule has 0 unspecified atom stereocenters. The molecule has 0 bridgehead atoms. The van der Waals surface area contributed by atoms with Gasteiger partial charge in [0.1, 0.15) is 12.4 Å². The van der Waals surface area contributed by atoms with E-state index in [-0.39, 0.29) is 24.8 Å². The standard InChI is InChI=1S/C16H22N6OS.2ClH/c1-23-9-15-20-13(10-4-11(17)5-10)6-14(21-15)18-7-12-8-22-2-3-24-16(22)19-12;;/h6,8,10-11H,2-5,7,9,17H2,1H3,(H,18,20,21);2*1H. The number of fused-ring (bicyclic) bond motifs is 1. The molecule has 2 aliphatic rings. The van der Waals surface area contributed by atoms with Gasteiger partial charge in [-0.2, -0.15) is 0 Å². The van der Waals surface area contributed by atoms with E-state index in [4.69, 9.17) is 10.5 Å². The molecule has 3 N–H and O–H groups in total. The maximum atomic E-state index is 5.91. The van der Waals surface area contributed by atoms with E-state index in [2.05, 4.69) is 31.0 Å². The number of thioether (sulfide) groups is 1. The molecule has 0 spiro atoms. The molecule has 1 aliphatic heterocycles. The summed E-state index contributed by atoms with van der Waals surface area (Å²) in [5.41, 5.74) is 8.01. The van der Waals surface area contributed by atoms with Crippen LogP contribution < -0.4 is 11.1 Å². The molecule has 0 radical (unpaired) electrons. The number of ether oxygens (including phenoxy) is 1. The van der Waals surface area contributed by atoms with Crippen LogP contribution in [0.15, 0.2) is 17.4 Å². The quantitative estimate of drug-likeness (QED) is 0.744. The summed E-state index contributed by atoms with van der Waals surface area (Å²) in [7, 11) is 1.66. The van der Waals surface area contributed by atoms with Crippen LogP contribution in [0.5, 0.6) is 0 Å². The molecule has 10 heteroatoms. The van der Waals surface area contributed by atoms with Gasteiger partial charge in [-0.1, -0.05) is 11.8 Å². The lowest BCUT2D eigenvalue weighted by Crippen LogP contribution is -2.35. The summed E-state index contributed by atoms with van der Waals surface area (Å²) < 4.78 is 7.41. The van der Waals surface area contributed by atoms with E-state index in [9.17, 15) is 0 Å². The first-order valence-corrected chi connectivity index (χ1v) is 9.25. The smallest absolute Gasteiger partial charge is 0.168 e. The normalized spacial score (nSPS) is 20.5. The first-order chi connectivity index (χ1) is 11.7. The highest BCUT2D eigenvalue weighted by Gasteiger charge is 2.29. The molecule has 0 aromatic carbocycles. The van der Waals surface area contributed by atoms with E-state index >= 15 is 0 Å². The Kier molecular flexibility index (Phi) is 7.54. The highest BCUT2D eigenvalue weighted by atomic mass is 35.5. The third-order valence-corrected chi connectivity index (χ3v) is 5.43. The highest BCUT2D eigenvalue weighted by molar-refractivity contribution is 7.99. The second kappa shape index (κ2) is 9.23. The fourth-order valence-electron chi connectivity index (χ4n) is 3.14. The van der Waals surface area contributed by atoms with E-state index in [1.165, 1.54) is 0 Å². The van der Waals surface area contributed by atoms with E-state index < -0.39 is 0 Å². The first kappa shape index (κ1) is 21.2. The number of hydrogen-bond acceptors (Lipinski definition) is 7. The average molecular weight is 419 g/mol. The van der Waals surface area contributed by atoms with Crippen LogP contribution in [0.1, 0.15) is 36.0 Å². The van der Waals surface area contributed by atoms with Gasteiger partial charge >= 0.3 is 0 Å². The van der Waals surface area contributed by atoms with E-state index in [0.29, 0.717) is 30.9 Å². The molecule has 1 aliphatic carbocycles. The molecule has 4 rings (SSSR count). The Morgan fingerprint density at radius 1 is 1.31 bits per heavy atom. The molecule has 144 valence electrons. The maximum absolute atomic E-state index is 5.91. The van der Waals surface area contributed by atoms with Crippen molar-refractivity contribution in [3.05, 3.63) is 29.5 Å². The topological polar surface area (TPSA) is 90.9 Å². The number of aryl methyl sites for hydroxylation is 1. The lowest BCUT2D eigenvalue weighted by molar-refractivity contribution is 0.177. The van der Waals surface area contributed by atoms with E-state index in [0.717, 1.165) is 47.5 Å². The molecular formula is C16H24Cl2N6OS. The Balaban J connectivity index is 0.00000121. The number of nitrogens with two attached hydrogens (primary N) is 1. The Labute approximate surface area is 169 Å². The van der Waals surface area contributed by atoms with Gasteiger partial charge in [0.2, 0.25) is 0 Å². The molecule has 1 saturated carbocycles. The minimum atomic E-state index is 0. The maximum Gasteiger partial charge on any atom is 0.168 e. The summed E-state index contributed by atoms with van der Waals surface area (Å²) in [6.07, 6.45) is 4.10. The molecule has 7 nitrogen and oxygen atoms in total. The zero-order chi connectivity index (χ0) is 16.5. The molecule has 2 aromatic heterocycles. The van der Waals surface area contributed by atoms with Crippen LogP contribution in [-0.4, -0.2) is 38.4 Å². The van der Waals surface area contributed by atoms with Crippen LogP contribution in [-0.2, 0) is 24.4 Å². The van der Waals surface area contributed by atoms with Crippen molar-refractivity contribution in [2.75, 3.05) is 18.2 Å². The summed E-state index contributed by atoms with van der Waals surface area (Å²) in [4.78, 5) is 13.8. The first-order valence-electron chi connectivity index (χ1n) is 8.26. The Bertz CT molecular complexity index is 716. The van der Waals surface area contributed by atoms with E-state index in [1.807, 2.05) is 6.07 Å². The van der Waals surface area contributed by atoms with Gasteiger partial charge in [-0.15, -0.1) is 24.8 Å². The monoisotopic (exact) mass is 418 g/mol. The predicted molar refractivity (Wildman–Crippen MR) is 107 cm³/mol. The van der Waals surface area contributed by atoms with Crippen LogP contribution in [0.2, 0.25) is 0 Å². The number of imidazole rings is 1. The van der Waals surface area contributed by atoms with Gasteiger partial charge in [0.25, 0.3) is 0 Å². The fourth-order valence-corrected chi connectivity index (χ4v) is 4.10. The van der Waals surface area contributed by atoms with Crippen LogP contribution in [0, 0.1) is 0 Å². The largest absolute Gasteiger partial charge is 0.377 e. The summed E-state index contributed by atoms with van der Waals surface area (Å²) in [5, 5.41) is 4.49. The summed E-state index contributed by atoms with van der Waals surface area (Å²) in [5.74, 6) is 3.09. The van der Waals surface area contributed by atoms with Crippen molar-refractivity contribution in [1.29, 1.82) is 0 Å². The molecule has 3 heterocycles. The van der Waals surface area contributed by atoms with Crippen molar-refractivity contribution in [2.24, 2.45) is 5.73 Å². The number of hydrogen-bond donors (Lipinski definition) is 2. The van der Waals surface area contributed by atoms with Crippen molar-refractivity contribution in [3.8, 4) is 0 Å². The van der Waals surface area contributed by atoms with Crippen LogP contribution in [0.25, 0.3) is 0 Å². The van der Waals surface area contributed by atoms with Gasteiger partial charge in [-0.05, 0) is 12.8 Å². The van der Waals surface area contributed by atoms with Crippen LogP contribution in [0.4, 0.5) is 5.82 Å². The molecule has 1 fully saturated rings. The molecule has 26 heavy (non-hydrogen) atoms. The zero-order valence-corrected chi connectivity index (χ0v) is 17.0. The number of aromatic nitrogens is 4. The number of nitrogens with zero attached hydrogens (tertiary/aromatic N) is 4. The number of nitrogens with one attached hydrogen (secondary N) is 1. The Morgan fingerprint density at radius 2 is 2.12 bits per heavy atom. The van der Waals surface area contributed by atoms with Crippen molar-refractivity contribution in [2.45, 2.75) is 49.7 Å². The summed E-state index contributed by atoms with van der Waals surface area (Å²) >= 11 is 1.81. The van der Waals surface area contributed by atoms with Crippen molar-refractivity contribution in [1.82, 2.24) is 19.5 Å². The summed E-state index contributed by atoms with van der Waals surface area (Å²) in [6.45, 7) is 2.12. The van der Waals surface area contributed by atoms with Crippen LogP contribution >= 0.6 is 36.6 Å². The van der Waals surface area contributed by atoms with Gasteiger partial charge in [0, 0.05) is 49.3 Å². The highest BCUT2D eigenvalue weighted by Crippen LogP contribution is 2.35. The van der Waals surface area contributed by atoms with Gasteiger partial charge in [0.15, 0.2) is 11.0 Å². The molecule has 0 atom stereocenters.